The molecule has 2 rings (SSSR count). The molecule has 1 aromatic carbocycles. The Morgan fingerprint density at radius 3 is 2.65 bits per heavy atom. The van der Waals surface area contributed by atoms with E-state index >= 15 is 0 Å². The maximum absolute atomic E-state index is 11.8. The molecule has 0 saturated carbocycles. The third-order valence-electron chi connectivity index (χ3n) is 2.45. The minimum absolute atomic E-state index is 0.0737. The lowest BCUT2D eigenvalue weighted by atomic mass is 10.1. The molecule has 2 aromatic rings. The lowest BCUT2D eigenvalue weighted by Crippen LogP contribution is -1.88. The van der Waals surface area contributed by atoms with Gasteiger partial charge in [0.2, 0.25) is 0 Å². The Hall–Kier alpha value is -1.67. The normalized spacial score (nSPS) is 10.9. The van der Waals surface area contributed by atoms with E-state index in [4.69, 9.17) is 0 Å². The van der Waals surface area contributed by atoms with Crippen molar-refractivity contribution >= 4 is 23.2 Å². The summed E-state index contributed by atoms with van der Waals surface area (Å²) in [5.74, 6) is 0.0737. The van der Waals surface area contributed by atoms with Crippen LogP contribution in [0.3, 0.4) is 0 Å². The van der Waals surface area contributed by atoms with Crippen molar-refractivity contribution in [3.63, 3.8) is 0 Å². The summed E-state index contributed by atoms with van der Waals surface area (Å²) < 4.78 is 0. The van der Waals surface area contributed by atoms with Crippen molar-refractivity contribution in [1.82, 2.24) is 0 Å². The van der Waals surface area contributed by atoms with Crippen LogP contribution >= 0.6 is 11.3 Å². The number of carbonyl (C=O) groups is 1. The first-order valence-electron chi connectivity index (χ1n) is 5.51. The van der Waals surface area contributed by atoms with E-state index in [1.54, 1.807) is 6.08 Å². The molecule has 0 amide bonds. The summed E-state index contributed by atoms with van der Waals surface area (Å²) in [5, 5.41) is 0. The molecule has 1 heterocycles. The van der Waals surface area contributed by atoms with Crippen LogP contribution in [-0.4, -0.2) is 5.78 Å². The number of aryl methyl sites for hydroxylation is 2. The van der Waals surface area contributed by atoms with Gasteiger partial charge in [-0.05, 0) is 37.6 Å². The van der Waals surface area contributed by atoms with Gasteiger partial charge in [0.25, 0.3) is 0 Å². The van der Waals surface area contributed by atoms with Crippen LogP contribution in [0, 0.1) is 13.8 Å². The molecular weight excluding hydrogens is 228 g/mol. The zero-order valence-corrected chi connectivity index (χ0v) is 10.8. The van der Waals surface area contributed by atoms with E-state index in [-0.39, 0.29) is 5.78 Å². The molecular formula is C15H14OS. The summed E-state index contributed by atoms with van der Waals surface area (Å²) in [4.78, 5) is 13.8. The SMILES string of the molecule is Cc1cccc(C=CC(=O)c2ccc(C)s2)c1. The molecule has 0 atom stereocenters. The van der Waals surface area contributed by atoms with Crippen LogP contribution in [-0.2, 0) is 0 Å². The van der Waals surface area contributed by atoms with Gasteiger partial charge in [0.05, 0.1) is 4.88 Å². The van der Waals surface area contributed by atoms with Crippen LogP contribution in [0.2, 0.25) is 0 Å². The van der Waals surface area contributed by atoms with E-state index in [0.29, 0.717) is 0 Å². The number of allylic oxidation sites excluding steroid dienone is 1. The number of carbonyl (C=O) groups excluding carboxylic acids is 1. The number of ketones is 1. The summed E-state index contributed by atoms with van der Waals surface area (Å²) in [6.45, 7) is 4.05. The van der Waals surface area contributed by atoms with Crippen LogP contribution in [0.1, 0.15) is 25.7 Å². The third-order valence-corrected chi connectivity index (χ3v) is 3.47. The molecule has 0 saturated heterocycles. The zero-order valence-electron chi connectivity index (χ0n) is 9.94. The van der Waals surface area contributed by atoms with Gasteiger partial charge in [-0.1, -0.05) is 35.9 Å². The highest BCUT2D eigenvalue weighted by Crippen LogP contribution is 2.16. The fourth-order valence-corrected chi connectivity index (χ4v) is 2.38. The van der Waals surface area contributed by atoms with E-state index in [9.17, 15) is 4.79 Å². The highest BCUT2D eigenvalue weighted by Gasteiger charge is 2.03. The average molecular weight is 242 g/mol. The lowest BCUT2D eigenvalue weighted by molar-refractivity contribution is 0.105. The third kappa shape index (κ3) is 3.14. The van der Waals surface area contributed by atoms with Crippen LogP contribution in [0.25, 0.3) is 6.08 Å². The van der Waals surface area contributed by atoms with Gasteiger partial charge < -0.3 is 0 Å². The van der Waals surface area contributed by atoms with E-state index in [1.807, 2.05) is 50.3 Å². The molecule has 1 nitrogen and oxygen atoms in total. The van der Waals surface area contributed by atoms with Crippen molar-refractivity contribution in [3.8, 4) is 0 Å². The molecule has 0 unspecified atom stereocenters. The van der Waals surface area contributed by atoms with E-state index in [1.165, 1.54) is 16.9 Å². The smallest absolute Gasteiger partial charge is 0.195 e. The molecule has 0 fully saturated rings. The van der Waals surface area contributed by atoms with Crippen molar-refractivity contribution in [2.45, 2.75) is 13.8 Å². The Balaban J connectivity index is 2.13. The Bertz CT molecular complexity index is 564. The molecule has 2 heteroatoms. The maximum Gasteiger partial charge on any atom is 0.195 e. The van der Waals surface area contributed by atoms with Gasteiger partial charge in [0.15, 0.2) is 5.78 Å². The van der Waals surface area contributed by atoms with E-state index in [2.05, 4.69) is 6.07 Å². The van der Waals surface area contributed by atoms with Crippen molar-refractivity contribution < 1.29 is 4.79 Å². The highest BCUT2D eigenvalue weighted by molar-refractivity contribution is 7.14. The number of hydrogen-bond donors (Lipinski definition) is 0. The van der Waals surface area contributed by atoms with Crippen molar-refractivity contribution in [2.75, 3.05) is 0 Å². The molecule has 86 valence electrons. The average Bonchev–Trinajstić information content (AvgIpc) is 2.73. The van der Waals surface area contributed by atoms with Gasteiger partial charge in [-0.3, -0.25) is 4.79 Å². The predicted octanol–water partition coefficient (Wildman–Crippen LogP) is 4.26. The minimum Gasteiger partial charge on any atom is -0.288 e. The summed E-state index contributed by atoms with van der Waals surface area (Å²) in [6, 6.07) is 11.9. The van der Waals surface area contributed by atoms with Crippen molar-refractivity contribution in [2.24, 2.45) is 0 Å². The number of benzene rings is 1. The molecule has 0 radical (unpaired) electrons. The molecule has 0 bridgehead atoms. The molecule has 0 aliphatic rings. The Morgan fingerprint density at radius 1 is 1.18 bits per heavy atom. The second-order valence-corrected chi connectivity index (χ2v) is 5.31. The Labute approximate surface area is 105 Å². The number of rotatable bonds is 3. The maximum atomic E-state index is 11.8. The van der Waals surface area contributed by atoms with Gasteiger partial charge in [-0.2, -0.15) is 0 Å². The Kier molecular flexibility index (Phi) is 3.55. The molecule has 0 aliphatic heterocycles. The second-order valence-electron chi connectivity index (χ2n) is 4.02. The fourth-order valence-electron chi connectivity index (χ4n) is 1.59. The first-order valence-corrected chi connectivity index (χ1v) is 6.32. The Morgan fingerprint density at radius 2 is 2.00 bits per heavy atom. The van der Waals surface area contributed by atoms with Gasteiger partial charge in [-0.15, -0.1) is 11.3 Å². The molecule has 0 N–H and O–H groups in total. The standard InChI is InChI=1S/C15H14OS/c1-11-4-3-5-13(10-11)7-8-14(16)15-9-6-12(2)17-15/h3-10H,1-2H3. The molecule has 0 aliphatic carbocycles. The van der Waals surface area contributed by atoms with E-state index < -0.39 is 0 Å². The largest absolute Gasteiger partial charge is 0.288 e. The second kappa shape index (κ2) is 5.11. The van der Waals surface area contributed by atoms with Crippen LogP contribution in [0.5, 0.6) is 0 Å². The first kappa shape index (κ1) is 11.8. The molecule has 17 heavy (non-hydrogen) atoms. The zero-order chi connectivity index (χ0) is 12.3. The van der Waals surface area contributed by atoms with Gasteiger partial charge in [0, 0.05) is 4.88 Å². The number of hydrogen-bond acceptors (Lipinski definition) is 2. The van der Waals surface area contributed by atoms with Gasteiger partial charge in [-0.25, -0.2) is 0 Å². The summed E-state index contributed by atoms with van der Waals surface area (Å²) in [6.07, 6.45) is 3.50. The predicted molar refractivity (Wildman–Crippen MR) is 73.6 cm³/mol. The number of thiophene rings is 1. The highest BCUT2D eigenvalue weighted by atomic mass is 32.1. The summed E-state index contributed by atoms with van der Waals surface area (Å²) in [5.41, 5.74) is 2.26. The molecule has 1 aromatic heterocycles. The first-order chi connectivity index (χ1) is 8.15. The summed E-state index contributed by atoms with van der Waals surface area (Å²) >= 11 is 1.53. The monoisotopic (exact) mass is 242 g/mol. The lowest BCUT2D eigenvalue weighted by Gasteiger charge is -1.95. The quantitative estimate of drug-likeness (QED) is 0.580. The van der Waals surface area contributed by atoms with Crippen LogP contribution in [0.15, 0.2) is 42.5 Å². The van der Waals surface area contributed by atoms with E-state index in [0.717, 1.165) is 15.3 Å². The fraction of sp³-hybridized carbons (Fsp3) is 0.133. The van der Waals surface area contributed by atoms with Gasteiger partial charge in [0.1, 0.15) is 0 Å². The van der Waals surface area contributed by atoms with Crippen molar-refractivity contribution in [3.05, 3.63) is 63.4 Å². The van der Waals surface area contributed by atoms with Crippen LogP contribution < -0.4 is 0 Å². The van der Waals surface area contributed by atoms with Crippen LogP contribution in [0.4, 0.5) is 0 Å². The van der Waals surface area contributed by atoms with Crippen molar-refractivity contribution in [1.29, 1.82) is 0 Å². The topological polar surface area (TPSA) is 17.1 Å². The minimum atomic E-state index is 0.0737. The molecule has 0 spiro atoms. The van der Waals surface area contributed by atoms with Gasteiger partial charge >= 0.3 is 0 Å². The summed E-state index contributed by atoms with van der Waals surface area (Å²) in [7, 11) is 0.